The summed E-state index contributed by atoms with van der Waals surface area (Å²) in [5.41, 5.74) is 2.67. The summed E-state index contributed by atoms with van der Waals surface area (Å²) in [4.78, 5) is 37.9. The van der Waals surface area contributed by atoms with Crippen LogP contribution in [0.2, 0.25) is 0 Å². The van der Waals surface area contributed by atoms with Crippen LogP contribution in [0.15, 0.2) is 48.5 Å². The predicted octanol–water partition coefficient (Wildman–Crippen LogP) is 4.57. The van der Waals surface area contributed by atoms with Crippen molar-refractivity contribution in [2.45, 2.75) is 38.7 Å². The van der Waals surface area contributed by atoms with Gasteiger partial charge in [-0.05, 0) is 61.3 Å². The zero-order valence-corrected chi connectivity index (χ0v) is 17.5. The van der Waals surface area contributed by atoms with Gasteiger partial charge in [0, 0.05) is 24.6 Å². The molecule has 6 nitrogen and oxygen atoms in total. The van der Waals surface area contributed by atoms with Crippen molar-refractivity contribution in [3.63, 3.8) is 0 Å². The van der Waals surface area contributed by atoms with Crippen molar-refractivity contribution in [3.8, 4) is 0 Å². The van der Waals surface area contributed by atoms with Crippen molar-refractivity contribution >= 4 is 17.8 Å². The van der Waals surface area contributed by atoms with Crippen LogP contribution in [0, 0.1) is 11.8 Å². The molecule has 1 amide bonds. The van der Waals surface area contributed by atoms with Gasteiger partial charge in [-0.15, -0.1) is 0 Å². The Balaban J connectivity index is 1.21. The number of ether oxygens (including phenoxy) is 1. The zero-order chi connectivity index (χ0) is 21.8. The number of Topliss-reactive ketones (excluding diaryl/α,β-unsaturated/α-hetero) is 1. The van der Waals surface area contributed by atoms with Gasteiger partial charge in [-0.3, -0.25) is 4.79 Å². The number of carbonyl (C=O) groups is 3. The Labute approximate surface area is 181 Å². The number of rotatable bonds is 6. The van der Waals surface area contributed by atoms with Gasteiger partial charge >= 0.3 is 12.1 Å². The minimum Gasteiger partial charge on any atom is -0.478 e. The Kier molecular flexibility index (Phi) is 6.35. The second-order valence-corrected chi connectivity index (χ2v) is 8.49. The number of piperidine rings is 1. The predicted molar refractivity (Wildman–Crippen MR) is 115 cm³/mol. The van der Waals surface area contributed by atoms with E-state index in [1.807, 2.05) is 30.3 Å². The SMILES string of the molecule is O=C(O)c1ccc2c(c1)C(=O)C(CCC1CCN(C(=O)OCc3ccccc3)CC1)C2. The highest BCUT2D eigenvalue weighted by molar-refractivity contribution is 6.04. The number of carboxylic acids is 1. The fourth-order valence-corrected chi connectivity index (χ4v) is 4.58. The third-order valence-corrected chi connectivity index (χ3v) is 6.46. The topological polar surface area (TPSA) is 83.9 Å². The fourth-order valence-electron chi connectivity index (χ4n) is 4.58. The van der Waals surface area contributed by atoms with Gasteiger partial charge in [0.15, 0.2) is 5.78 Å². The molecule has 1 fully saturated rings. The molecule has 0 saturated carbocycles. The molecular weight excluding hydrogens is 394 g/mol. The Morgan fingerprint density at radius 1 is 1.03 bits per heavy atom. The highest BCUT2D eigenvalue weighted by Crippen LogP contribution is 2.33. The molecule has 1 aliphatic carbocycles. The maximum atomic E-state index is 12.7. The lowest BCUT2D eigenvalue weighted by atomic mass is 9.87. The summed E-state index contributed by atoms with van der Waals surface area (Å²) in [6, 6.07) is 14.5. The van der Waals surface area contributed by atoms with Crippen molar-refractivity contribution in [3.05, 3.63) is 70.8 Å². The van der Waals surface area contributed by atoms with E-state index in [0.29, 0.717) is 31.0 Å². The molecule has 1 saturated heterocycles. The molecule has 162 valence electrons. The highest BCUT2D eigenvalue weighted by atomic mass is 16.6. The van der Waals surface area contributed by atoms with Crippen LogP contribution in [-0.4, -0.2) is 40.9 Å². The molecule has 2 aliphatic rings. The van der Waals surface area contributed by atoms with E-state index in [1.165, 1.54) is 6.07 Å². The minimum absolute atomic E-state index is 0.0621. The van der Waals surface area contributed by atoms with Crippen LogP contribution in [0.4, 0.5) is 4.79 Å². The van der Waals surface area contributed by atoms with E-state index in [0.717, 1.165) is 36.8 Å². The van der Waals surface area contributed by atoms with Gasteiger partial charge in [-0.2, -0.15) is 0 Å². The maximum Gasteiger partial charge on any atom is 0.410 e. The molecule has 0 radical (unpaired) electrons. The van der Waals surface area contributed by atoms with Crippen LogP contribution in [0.3, 0.4) is 0 Å². The molecule has 1 aliphatic heterocycles. The van der Waals surface area contributed by atoms with Crippen LogP contribution < -0.4 is 0 Å². The molecule has 6 heteroatoms. The largest absolute Gasteiger partial charge is 0.478 e. The summed E-state index contributed by atoms with van der Waals surface area (Å²) < 4.78 is 5.42. The number of likely N-dealkylation sites (tertiary alicyclic amines) is 1. The lowest BCUT2D eigenvalue weighted by Gasteiger charge is -2.31. The molecule has 1 N–H and O–H groups in total. The second kappa shape index (κ2) is 9.33. The lowest BCUT2D eigenvalue weighted by molar-refractivity contribution is 0.0696. The maximum absolute atomic E-state index is 12.7. The van der Waals surface area contributed by atoms with Gasteiger partial charge in [-0.25, -0.2) is 9.59 Å². The summed E-state index contributed by atoms with van der Waals surface area (Å²) in [5.74, 6) is -0.509. The summed E-state index contributed by atoms with van der Waals surface area (Å²) >= 11 is 0. The molecule has 2 aromatic rings. The molecule has 0 bridgehead atoms. The van der Waals surface area contributed by atoms with Crippen LogP contribution >= 0.6 is 0 Å². The quantitative estimate of drug-likeness (QED) is 0.739. The second-order valence-electron chi connectivity index (χ2n) is 8.49. The lowest BCUT2D eigenvalue weighted by Crippen LogP contribution is -2.38. The molecule has 0 spiro atoms. The van der Waals surface area contributed by atoms with E-state index in [-0.39, 0.29) is 30.0 Å². The first-order valence-corrected chi connectivity index (χ1v) is 10.9. The average Bonchev–Trinajstić information content (AvgIpc) is 3.12. The first-order valence-electron chi connectivity index (χ1n) is 10.9. The molecular formula is C25H27NO5. The van der Waals surface area contributed by atoms with Gasteiger partial charge in [0.1, 0.15) is 6.61 Å². The van der Waals surface area contributed by atoms with Crippen molar-refractivity contribution in [2.24, 2.45) is 11.8 Å². The fraction of sp³-hybridized carbons (Fsp3) is 0.400. The summed E-state index contributed by atoms with van der Waals surface area (Å²) in [6.45, 7) is 1.64. The van der Waals surface area contributed by atoms with Gasteiger partial charge in [-0.1, -0.05) is 36.4 Å². The molecule has 2 aromatic carbocycles. The molecule has 1 heterocycles. The number of carboxylic acid groups (broad SMARTS) is 1. The molecule has 1 unspecified atom stereocenters. The Hall–Kier alpha value is -3.15. The zero-order valence-electron chi connectivity index (χ0n) is 17.5. The number of fused-ring (bicyclic) bond motifs is 1. The Morgan fingerprint density at radius 2 is 1.77 bits per heavy atom. The standard InChI is InChI=1S/C25H27NO5/c27-23-20(14-19-8-9-21(24(28)29)15-22(19)23)7-6-17-10-12-26(13-11-17)25(30)31-16-18-4-2-1-3-5-18/h1-5,8-9,15,17,20H,6-7,10-14,16H2,(H,28,29). The van der Waals surface area contributed by atoms with E-state index in [9.17, 15) is 14.4 Å². The number of ketones is 1. The van der Waals surface area contributed by atoms with E-state index >= 15 is 0 Å². The monoisotopic (exact) mass is 421 g/mol. The van der Waals surface area contributed by atoms with Crippen LogP contribution in [0.5, 0.6) is 0 Å². The number of hydrogen-bond acceptors (Lipinski definition) is 4. The first-order chi connectivity index (χ1) is 15.0. The average molecular weight is 421 g/mol. The van der Waals surface area contributed by atoms with E-state index in [1.54, 1.807) is 17.0 Å². The van der Waals surface area contributed by atoms with Gasteiger partial charge < -0.3 is 14.7 Å². The summed E-state index contributed by atoms with van der Waals surface area (Å²) in [7, 11) is 0. The highest BCUT2D eigenvalue weighted by Gasteiger charge is 2.32. The number of nitrogens with zero attached hydrogens (tertiary/aromatic N) is 1. The van der Waals surface area contributed by atoms with E-state index in [2.05, 4.69) is 0 Å². The Bertz CT molecular complexity index is 963. The van der Waals surface area contributed by atoms with Crippen molar-refractivity contribution < 1.29 is 24.2 Å². The van der Waals surface area contributed by atoms with Gasteiger partial charge in [0.2, 0.25) is 0 Å². The van der Waals surface area contributed by atoms with Crippen molar-refractivity contribution in [1.82, 2.24) is 4.90 Å². The van der Waals surface area contributed by atoms with E-state index in [4.69, 9.17) is 9.84 Å². The Morgan fingerprint density at radius 3 is 2.48 bits per heavy atom. The van der Waals surface area contributed by atoms with Crippen LogP contribution in [0.1, 0.15) is 57.5 Å². The van der Waals surface area contributed by atoms with Crippen LogP contribution in [-0.2, 0) is 17.8 Å². The summed E-state index contributed by atoms with van der Waals surface area (Å²) in [6.07, 6.45) is 4.01. The van der Waals surface area contributed by atoms with Crippen molar-refractivity contribution in [2.75, 3.05) is 13.1 Å². The van der Waals surface area contributed by atoms with Crippen molar-refractivity contribution in [1.29, 1.82) is 0 Å². The molecule has 31 heavy (non-hydrogen) atoms. The van der Waals surface area contributed by atoms with Gasteiger partial charge in [0.25, 0.3) is 0 Å². The number of amides is 1. The third kappa shape index (κ3) is 4.95. The number of carbonyl (C=O) groups excluding carboxylic acids is 2. The third-order valence-electron chi connectivity index (χ3n) is 6.46. The molecule has 1 atom stereocenters. The smallest absolute Gasteiger partial charge is 0.410 e. The number of benzene rings is 2. The number of aromatic carboxylic acids is 1. The minimum atomic E-state index is -1.01. The van der Waals surface area contributed by atoms with Crippen LogP contribution in [0.25, 0.3) is 0 Å². The number of hydrogen-bond donors (Lipinski definition) is 1. The first kappa shape index (κ1) is 21.1. The normalized spacial score (nSPS) is 18.6. The molecule has 4 rings (SSSR count). The van der Waals surface area contributed by atoms with E-state index < -0.39 is 5.97 Å². The molecule has 0 aromatic heterocycles. The van der Waals surface area contributed by atoms with Gasteiger partial charge in [0.05, 0.1) is 5.56 Å². The summed E-state index contributed by atoms with van der Waals surface area (Å²) in [5, 5.41) is 9.15.